The molecule has 1 aromatic heterocycles. The van der Waals surface area contributed by atoms with Crippen molar-refractivity contribution in [2.24, 2.45) is 0 Å². The minimum Gasteiger partial charge on any atom is -0.507 e. The SMILES string of the molecule is CSc1cc(C(=O)Nc2ncccc2C)c(C)cc1O. The lowest BCUT2D eigenvalue weighted by atomic mass is 10.1. The maximum atomic E-state index is 12.3. The predicted molar refractivity (Wildman–Crippen MR) is 81.6 cm³/mol. The Hall–Kier alpha value is -2.01. The number of hydrogen-bond acceptors (Lipinski definition) is 4. The smallest absolute Gasteiger partial charge is 0.257 e. The average Bonchev–Trinajstić information content (AvgIpc) is 2.41. The Morgan fingerprint density at radius 1 is 1.30 bits per heavy atom. The van der Waals surface area contributed by atoms with E-state index < -0.39 is 0 Å². The third-order valence-corrected chi connectivity index (χ3v) is 3.78. The van der Waals surface area contributed by atoms with Crippen LogP contribution in [0.15, 0.2) is 35.4 Å². The number of aromatic hydroxyl groups is 1. The number of hydrogen-bond donors (Lipinski definition) is 2. The number of thioether (sulfide) groups is 1. The van der Waals surface area contributed by atoms with Gasteiger partial charge in [-0.2, -0.15) is 0 Å². The summed E-state index contributed by atoms with van der Waals surface area (Å²) in [6.45, 7) is 3.68. The highest BCUT2D eigenvalue weighted by Gasteiger charge is 2.14. The number of phenolic OH excluding ortho intramolecular Hbond substituents is 1. The Labute approximate surface area is 122 Å². The molecule has 0 aliphatic carbocycles. The second-order valence-electron chi connectivity index (χ2n) is 4.46. The first-order valence-corrected chi connectivity index (χ1v) is 7.36. The molecule has 20 heavy (non-hydrogen) atoms. The van der Waals surface area contributed by atoms with Gasteiger partial charge in [0.15, 0.2) is 0 Å². The lowest BCUT2D eigenvalue weighted by molar-refractivity contribution is 0.102. The van der Waals surface area contributed by atoms with Gasteiger partial charge >= 0.3 is 0 Å². The van der Waals surface area contributed by atoms with Crippen LogP contribution in [0.3, 0.4) is 0 Å². The van der Waals surface area contributed by atoms with Crippen molar-refractivity contribution >= 4 is 23.5 Å². The van der Waals surface area contributed by atoms with E-state index in [0.717, 1.165) is 11.1 Å². The Morgan fingerprint density at radius 3 is 2.70 bits per heavy atom. The van der Waals surface area contributed by atoms with Gasteiger partial charge in [0.2, 0.25) is 0 Å². The third kappa shape index (κ3) is 2.93. The summed E-state index contributed by atoms with van der Waals surface area (Å²) in [6, 6.07) is 7.01. The van der Waals surface area contributed by atoms with Gasteiger partial charge < -0.3 is 10.4 Å². The maximum Gasteiger partial charge on any atom is 0.257 e. The largest absolute Gasteiger partial charge is 0.507 e. The number of amides is 1. The van der Waals surface area contributed by atoms with Crippen LogP contribution in [-0.2, 0) is 0 Å². The minimum atomic E-state index is -0.223. The number of nitrogens with zero attached hydrogens (tertiary/aromatic N) is 1. The number of anilines is 1. The quantitative estimate of drug-likeness (QED) is 0.850. The fourth-order valence-corrected chi connectivity index (χ4v) is 2.38. The summed E-state index contributed by atoms with van der Waals surface area (Å²) in [5.74, 6) is 0.524. The van der Waals surface area contributed by atoms with Crippen LogP contribution >= 0.6 is 11.8 Å². The van der Waals surface area contributed by atoms with Crippen molar-refractivity contribution in [2.45, 2.75) is 18.7 Å². The number of carbonyl (C=O) groups excluding carboxylic acids is 1. The van der Waals surface area contributed by atoms with E-state index in [1.807, 2.05) is 25.3 Å². The Balaban J connectivity index is 2.32. The summed E-state index contributed by atoms with van der Waals surface area (Å²) in [5, 5.41) is 12.6. The first-order valence-electron chi connectivity index (χ1n) is 6.13. The monoisotopic (exact) mass is 288 g/mol. The Bertz CT molecular complexity index is 656. The average molecular weight is 288 g/mol. The summed E-state index contributed by atoms with van der Waals surface area (Å²) < 4.78 is 0. The van der Waals surface area contributed by atoms with E-state index in [0.29, 0.717) is 16.3 Å². The molecule has 0 radical (unpaired) electrons. The van der Waals surface area contributed by atoms with E-state index in [1.54, 1.807) is 25.3 Å². The molecule has 1 heterocycles. The van der Waals surface area contributed by atoms with Crippen molar-refractivity contribution in [3.05, 3.63) is 47.2 Å². The summed E-state index contributed by atoms with van der Waals surface area (Å²) in [5.41, 5.74) is 2.17. The van der Waals surface area contributed by atoms with Gasteiger partial charge in [-0.25, -0.2) is 4.98 Å². The van der Waals surface area contributed by atoms with Crippen molar-refractivity contribution in [1.29, 1.82) is 0 Å². The van der Waals surface area contributed by atoms with E-state index in [-0.39, 0.29) is 11.7 Å². The van der Waals surface area contributed by atoms with Gasteiger partial charge in [0.05, 0.1) is 0 Å². The van der Waals surface area contributed by atoms with Gasteiger partial charge in [0.25, 0.3) is 5.91 Å². The molecule has 0 fully saturated rings. The van der Waals surface area contributed by atoms with E-state index in [4.69, 9.17) is 0 Å². The van der Waals surface area contributed by atoms with Crippen molar-refractivity contribution < 1.29 is 9.90 Å². The second-order valence-corrected chi connectivity index (χ2v) is 5.31. The number of phenols is 1. The molecule has 2 aromatic rings. The molecule has 0 unspecified atom stereocenters. The first kappa shape index (κ1) is 14.4. The molecule has 0 spiro atoms. The topological polar surface area (TPSA) is 62.2 Å². The number of aryl methyl sites for hydroxylation is 2. The van der Waals surface area contributed by atoms with Gasteiger partial charge in [-0.1, -0.05) is 6.07 Å². The van der Waals surface area contributed by atoms with E-state index in [1.165, 1.54) is 11.8 Å². The maximum absolute atomic E-state index is 12.3. The Morgan fingerprint density at radius 2 is 2.05 bits per heavy atom. The number of pyridine rings is 1. The second kappa shape index (κ2) is 5.96. The molecule has 5 heteroatoms. The van der Waals surface area contributed by atoms with E-state index in [2.05, 4.69) is 10.3 Å². The highest BCUT2D eigenvalue weighted by molar-refractivity contribution is 7.98. The van der Waals surface area contributed by atoms with Gasteiger partial charge in [-0.3, -0.25) is 4.79 Å². The molecule has 0 saturated carbocycles. The molecule has 2 N–H and O–H groups in total. The third-order valence-electron chi connectivity index (χ3n) is 3.01. The number of aromatic nitrogens is 1. The van der Waals surface area contributed by atoms with Crippen LogP contribution in [0.1, 0.15) is 21.5 Å². The molecule has 1 aromatic carbocycles. The van der Waals surface area contributed by atoms with E-state index in [9.17, 15) is 9.90 Å². The lowest BCUT2D eigenvalue weighted by Gasteiger charge is -2.11. The Kier molecular flexibility index (Phi) is 4.29. The van der Waals surface area contributed by atoms with Crippen molar-refractivity contribution in [1.82, 2.24) is 4.98 Å². The van der Waals surface area contributed by atoms with Crippen molar-refractivity contribution in [3.63, 3.8) is 0 Å². The molecule has 2 rings (SSSR count). The number of benzene rings is 1. The normalized spacial score (nSPS) is 10.3. The lowest BCUT2D eigenvalue weighted by Crippen LogP contribution is -2.15. The molecule has 0 atom stereocenters. The number of nitrogens with one attached hydrogen (secondary N) is 1. The molecule has 104 valence electrons. The number of rotatable bonds is 3. The van der Waals surface area contributed by atoms with Gasteiger partial charge in [-0.05, 0) is 49.4 Å². The minimum absolute atomic E-state index is 0.195. The zero-order valence-corrected chi connectivity index (χ0v) is 12.4. The zero-order chi connectivity index (χ0) is 14.7. The predicted octanol–water partition coefficient (Wildman–Crippen LogP) is 3.38. The van der Waals surface area contributed by atoms with Crippen molar-refractivity contribution in [3.8, 4) is 5.75 Å². The molecular formula is C15H16N2O2S. The van der Waals surface area contributed by atoms with Crippen LogP contribution in [0.5, 0.6) is 5.75 Å². The van der Waals surface area contributed by atoms with Gasteiger partial charge in [-0.15, -0.1) is 11.8 Å². The molecule has 1 amide bonds. The molecule has 0 saturated heterocycles. The fourth-order valence-electron chi connectivity index (χ4n) is 1.87. The highest BCUT2D eigenvalue weighted by atomic mass is 32.2. The number of carbonyl (C=O) groups is 1. The zero-order valence-electron chi connectivity index (χ0n) is 11.6. The van der Waals surface area contributed by atoms with Crippen LogP contribution < -0.4 is 5.32 Å². The van der Waals surface area contributed by atoms with Gasteiger partial charge in [0, 0.05) is 16.7 Å². The highest BCUT2D eigenvalue weighted by Crippen LogP contribution is 2.30. The van der Waals surface area contributed by atoms with E-state index >= 15 is 0 Å². The molecule has 0 bridgehead atoms. The van der Waals surface area contributed by atoms with Crippen LogP contribution in [0.4, 0.5) is 5.82 Å². The van der Waals surface area contributed by atoms with Crippen LogP contribution in [0, 0.1) is 13.8 Å². The summed E-state index contributed by atoms with van der Waals surface area (Å²) >= 11 is 1.40. The van der Waals surface area contributed by atoms with Crippen molar-refractivity contribution in [2.75, 3.05) is 11.6 Å². The van der Waals surface area contributed by atoms with Gasteiger partial charge in [0.1, 0.15) is 11.6 Å². The molecule has 4 nitrogen and oxygen atoms in total. The molecule has 0 aliphatic heterocycles. The van der Waals surface area contributed by atoms with Crippen LogP contribution in [0.25, 0.3) is 0 Å². The van der Waals surface area contributed by atoms with Crippen LogP contribution in [-0.4, -0.2) is 22.3 Å². The summed E-state index contributed by atoms with van der Waals surface area (Å²) in [4.78, 5) is 17.2. The van der Waals surface area contributed by atoms with Crippen LogP contribution in [0.2, 0.25) is 0 Å². The molecule has 0 aliphatic rings. The summed E-state index contributed by atoms with van der Waals surface area (Å²) in [7, 11) is 0. The molecular weight excluding hydrogens is 272 g/mol. The fraction of sp³-hybridized carbons (Fsp3) is 0.200. The first-order chi connectivity index (χ1) is 9.52. The summed E-state index contributed by atoms with van der Waals surface area (Å²) in [6.07, 6.45) is 3.49. The standard InChI is InChI=1S/C15H16N2O2S/c1-9-5-4-6-16-14(9)17-15(19)11-8-13(20-3)12(18)7-10(11)2/h4-8,18H,1-3H3,(H,16,17,19).